The number of carboxylic acids is 1. The lowest BCUT2D eigenvalue weighted by molar-refractivity contribution is 0.0696. The average molecular weight is 249 g/mol. The van der Waals surface area contributed by atoms with E-state index in [9.17, 15) is 9.59 Å². The summed E-state index contributed by atoms with van der Waals surface area (Å²) in [5, 5.41) is 16.4. The van der Waals surface area contributed by atoms with Crippen LogP contribution in [0.15, 0.2) is 29.6 Å². The molecule has 2 rings (SSSR count). The van der Waals surface area contributed by atoms with Crippen LogP contribution in [0, 0.1) is 0 Å². The van der Waals surface area contributed by atoms with E-state index in [4.69, 9.17) is 5.11 Å². The molecule has 0 unspecified atom stereocenters. The molecular formula is C10H7N3O3S. The van der Waals surface area contributed by atoms with Crippen molar-refractivity contribution in [2.75, 3.05) is 5.32 Å². The van der Waals surface area contributed by atoms with Gasteiger partial charge in [-0.3, -0.25) is 4.79 Å². The predicted molar refractivity (Wildman–Crippen MR) is 61.3 cm³/mol. The highest BCUT2D eigenvalue weighted by molar-refractivity contribution is 7.03. The molecular weight excluding hydrogens is 242 g/mol. The number of aromatic nitrogens is 2. The third-order valence-corrected chi connectivity index (χ3v) is 2.49. The number of carbonyl (C=O) groups excluding carboxylic acids is 1. The SMILES string of the molecule is O=C(O)c1ccc(NC(=O)c2csnn2)cc1. The highest BCUT2D eigenvalue weighted by atomic mass is 32.1. The van der Waals surface area contributed by atoms with E-state index < -0.39 is 5.97 Å². The summed E-state index contributed by atoms with van der Waals surface area (Å²) in [6, 6.07) is 5.86. The van der Waals surface area contributed by atoms with Crippen molar-refractivity contribution in [1.82, 2.24) is 9.59 Å². The Kier molecular flexibility index (Phi) is 3.10. The molecule has 0 spiro atoms. The number of nitrogens with one attached hydrogen (secondary N) is 1. The van der Waals surface area contributed by atoms with Crippen molar-refractivity contribution >= 4 is 29.1 Å². The Morgan fingerprint density at radius 1 is 1.24 bits per heavy atom. The first-order valence-corrected chi connectivity index (χ1v) is 5.42. The van der Waals surface area contributed by atoms with Crippen LogP contribution in [0.1, 0.15) is 20.8 Å². The minimum absolute atomic E-state index is 0.165. The summed E-state index contributed by atoms with van der Waals surface area (Å²) >= 11 is 1.09. The highest BCUT2D eigenvalue weighted by Crippen LogP contribution is 2.11. The van der Waals surface area contributed by atoms with Gasteiger partial charge in [0.2, 0.25) is 0 Å². The lowest BCUT2D eigenvalue weighted by Crippen LogP contribution is -2.12. The van der Waals surface area contributed by atoms with Gasteiger partial charge in [-0.05, 0) is 35.8 Å². The first kappa shape index (κ1) is 11.2. The number of rotatable bonds is 3. The lowest BCUT2D eigenvalue weighted by Gasteiger charge is -2.02. The molecule has 1 aromatic heterocycles. The van der Waals surface area contributed by atoms with Crippen LogP contribution in [0.5, 0.6) is 0 Å². The third kappa shape index (κ3) is 2.64. The zero-order valence-corrected chi connectivity index (χ0v) is 9.27. The summed E-state index contributed by atoms with van der Waals surface area (Å²) in [6.07, 6.45) is 0. The number of hydrogen-bond donors (Lipinski definition) is 2. The number of aromatic carboxylic acids is 1. The molecule has 0 bridgehead atoms. The first-order chi connectivity index (χ1) is 8.16. The number of amides is 1. The zero-order chi connectivity index (χ0) is 12.3. The molecule has 0 fully saturated rings. The molecule has 7 heteroatoms. The summed E-state index contributed by atoms with van der Waals surface area (Å²) in [4.78, 5) is 22.2. The van der Waals surface area contributed by atoms with Crippen molar-refractivity contribution in [1.29, 1.82) is 0 Å². The van der Waals surface area contributed by atoms with E-state index in [0.717, 1.165) is 11.5 Å². The summed E-state index contributed by atoms with van der Waals surface area (Å²) < 4.78 is 3.58. The molecule has 86 valence electrons. The molecule has 0 atom stereocenters. The number of anilines is 1. The maximum atomic E-state index is 11.6. The molecule has 6 nitrogen and oxygen atoms in total. The van der Waals surface area contributed by atoms with Crippen LogP contribution in [0.4, 0.5) is 5.69 Å². The van der Waals surface area contributed by atoms with Gasteiger partial charge >= 0.3 is 5.97 Å². The van der Waals surface area contributed by atoms with Gasteiger partial charge < -0.3 is 10.4 Å². The Labute approximate surface area is 100 Å². The van der Waals surface area contributed by atoms with E-state index >= 15 is 0 Å². The Morgan fingerprint density at radius 3 is 2.47 bits per heavy atom. The molecule has 1 heterocycles. The monoisotopic (exact) mass is 249 g/mol. The molecule has 1 aromatic carbocycles. The van der Waals surface area contributed by atoms with Crippen LogP contribution in [-0.2, 0) is 0 Å². The second kappa shape index (κ2) is 4.71. The average Bonchev–Trinajstić information content (AvgIpc) is 2.83. The molecule has 2 aromatic rings. The van der Waals surface area contributed by atoms with E-state index in [2.05, 4.69) is 14.9 Å². The van der Waals surface area contributed by atoms with Gasteiger partial charge in [-0.1, -0.05) is 4.49 Å². The maximum Gasteiger partial charge on any atom is 0.335 e. The Bertz CT molecular complexity index is 536. The highest BCUT2D eigenvalue weighted by Gasteiger charge is 2.09. The summed E-state index contributed by atoms with van der Waals surface area (Å²) in [6.45, 7) is 0. The van der Waals surface area contributed by atoms with Crippen LogP contribution < -0.4 is 5.32 Å². The lowest BCUT2D eigenvalue weighted by atomic mass is 10.2. The molecule has 0 aliphatic heterocycles. The standard InChI is InChI=1S/C10H7N3O3S/c14-9(8-5-17-13-12-8)11-7-3-1-6(2-4-7)10(15)16/h1-5H,(H,11,14)(H,15,16). The van der Waals surface area contributed by atoms with Gasteiger partial charge in [0.05, 0.1) is 5.56 Å². The van der Waals surface area contributed by atoms with Crippen LogP contribution in [0.3, 0.4) is 0 Å². The molecule has 0 aliphatic carbocycles. The van der Waals surface area contributed by atoms with Crippen LogP contribution in [0.2, 0.25) is 0 Å². The Morgan fingerprint density at radius 2 is 1.94 bits per heavy atom. The number of carbonyl (C=O) groups is 2. The fourth-order valence-corrected chi connectivity index (χ4v) is 1.59. The number of nitrogens with zero attached hydrogens (tertiary/aromatic N) is 2. The topological polar surface area (TPSA) is 92.2 Å². The first-order valence-electron chi connectivity index (χ1n) is 4.58. The van der Waals surface area contributed by atoms with Crippen molar-refractivity contribution in [3.05, 3.63) is 40.9 Å². The summed E-state index contributed by atoms with van der Waals surface area (Å²) in [5.41, 5.74) is 0.906. The van der Waals surface area contributed by atoms with Crippen LogP contribution >= 0.6 is 11.5 Å². The molecule has 17 heavy (non-hydrogen) atoms. The van der Waals surface area contributed by atoms with Gasteiger partial charge in [0, 0.05) is 11.1 Å². The van der Waals surface area contributed by atoms with E-state index in [0.29, 0.717) is 5.69 Å². The van der Waals surface area contributed by atoms with E-state index in [-0.39, 0.29) is 17.2 Å². The van der Waals surface area contributed by atoms with Crippen molar-refractivity contribution < 1.29 is 14.7 Å². The number of carboxylic acid groups (broad SMARTS) is 1. The summed E-state index contributed by atoms with van der Waals surface area (Å²) in [5.74, 6) is -1.38. The Balaban J connectivity index is 2.09. The molecule has 0 saturated carbocycles. The smallest absolute Gasteiger partial charge is 0.335 e. The van der Waals surface area contributed by atoms with Crippen LogP contribution in [-0.4, -0.2) is 26.6 Å². The van der Waals surface area contributed by atoms with Gasteiger partial charge in [-0.25, -0.2) is 4.79 Å². The van der Waals surface area contributed by atoms with Crippen molar-refractivity contribution in [2.45, 2.75) is 0 Å². The summed E-state index contributed by atoms with van der Waals surface area (Å²) in [7, 11) is 0. The van der Waals surface area contributed by atoms with Gasteiger partial charge in [0.25, 0.3) is 5.91 Å². The molecule has 1 amide bonds. The van der Waals surface area contributed by atoms with E-state index in [1.807, 2.05) is 0 Å². The van der Waals surface area contributed by atoms with Crippen molar-refractivity contribution in [3.63, 3.8) is 0 Å². The third-order valence-electron chi connectivity index (χ3n) is 1.98. The fourth-order valence-electron chi connectivity index (χ4n) is 1.15. The van der Waals surface area contributed by atoms with Crippen molar-refractivity contribution in [2.24, 2.45) is 0 Å². The van der Waals surface area contributed by atoms with Gasteiger partial charge in [0.15, 0.2) is 5.69 Å². The van der Waals surface area contributed by atoms with Gasteiger partial charge in [-0.2, -0.15) is 0 Å². The van der Waals surface area contributed by atoms with Crippen molar-refractivity contribution in [3.8, 4) is 0 Å². The maximum absolute atomic E-state index is 11.6. The second-order valence-corrected chi connectivity index (χ2v) is 3.74. The number of hydrogen-bond acceptors (Lipinski definition) is 5. The van der Waals surface area contributed by atoms with E-state index in [1.54, 1.807) is 0 Å². The molecule has 0 radical (unpaired) electrons. The largest absolute Gasteiger partial charge is 0.478 e. The fraction of sp³-hybridized carbons (Fsp3) is 0. The minimum Gasteiger partial charge on any atom is -0.478 e. The van der Waals surface area contributed by atoms with Gasteiger partial charge in [0.1, 0.15) is 0 Å². The zero-order valence-electron chi connectivity index (χ0n) is 8.45. The molecule has 0 aliphatic rings. The molecule has 0 saturated heterocycles. The van der Waals surface area contributed by atoms with E-state index in [1.165, 1.54) is 29.6 Å². The Hall–Kier alpha value is -2.28. The quantitative estimate of drug-likeness (QED) is 0.859. The normalized spacial score (nSPS) is 9.88. The number of benzene rings is 1. The van der Waals surface area contributed by atoms with Gasteiger partial charge in [-0.15, -0.1) is 5.10 Å². The minimum atomic E-state index is -1.01. The second-order valence-electron chi connectivity index (χ2n) is 3.13. The molecule has 2 N–H and O–H groups in total. The predicted octanol–water partition coefficient (Wildman–Crippen LogP) is 1.49. The van der Waals surface area contributed by atoms with Crippen LogP contribution in [0.25, 0.3) is 0 Å².